The summed E-state index contributed by atoms with van der Waals surface area (Å²) in [6.45, 7) is 3.86. The maximum atomic E-state index is 13.0. The normalized spacial score (nSPS) is 19.3. The van der Waals surface area contributed by atoms with Crippen LogP contribution in [-0.4, -0.2) is 71.2 Å². The SMILES string of the molecule is O=C(c1sc2cc([N+](=O)[O-])ccc2c1Cl)N1CCN(C(=S)NC[C@H]2CCCO2)CC1. The summed E-state index contributed by atoms with van der Waals surface area (Å²) >= 11 is 13.1. The first-order chi connectivity index (χ1) is 14.4. The molecule has 0 spiro atoms. The summed E-state index contributed by atoms with van der Waals surface area (Å²) in [7, 11) is 0. The van der Waals surface area contributed by atoms with Crippen molar-refractivity contribution in [1.29, 1.82) is 0 Å². The number of non-ortho nitro benzene ring substituents is 1. The number of nitrogens with one attached hydrogen (secondary N) is 1. The number of carbonyl (C=O) groups excluding carboxylic acids is 1. The fourth-order valence-electron chi connectivity index (χ4n) is 3.68. The molecule has 160 valence electrons. The lowest BCUT2D eigenvalue weighted by molar-refractivity contribution is -0.384. The van der Waals surface area contributed by atoms with Crippen LogP contribution in [0.1, 0.15) is 22.5 Å². The average molecular weight is 469 g/mol. The summed E-state index contributed by atoms with van der Waals surface area (Å²) in [6.07, 6.45) is 2.36. The highest BCUT2D eigenvalue weighted by Crippen LogP contribution is 2.38. The Morgan fingerprint density at radius 2 is 2.07 bits per heavy atom. The second kappa shape index (κ2) is 9.01. The smallest absolute Gasteiger partial charge is 0.270 e. The van der Waals surface area contributed by atoms with Crippen LogP contribution in [-0.2, 0) is 4.74 Å². The number of ether oxygens (including phenoxy) is 1. The molecule has 0 aliphatic carbocycles. The number of nitro groups is 1. The number of piperazine rings is 1. The van der Waals surface area contributed by atoms with Crippen LogP contribution in [0.15, 0.2) is 18.2 Å². The molecule has 1 amide bonds. The van der Waals surface area contributed by atoms with Gasteiger partial charge in [-0.2, -0.15) is 0 Å². The molecule has 1 N–H and O–H groups in total. The van der Waals surface area contributed by atoms with Crippen LogP contribution >= 0.6 is 35.2 Å². The molecule has 8 nitrogen and oxygen atoms in total. The molecule has 1 atom stereocenters. The van der Waals surface area contributed by atoms with Gasteiger partial charge in [0.1, 0.15) is 4.88 Å². The lowest BCUT2D eigenvalue weighted by Gasteiger charge is -2.36. The third-order valence-electron chi connectivity index (χ3n) is 5.38. The molecule has 2 saturated heterocycles. The number of benzene rings is 1. The van der Waals surface area contributed by atoms with Gasteiger partial charge in [-0.3, -0.25) is 14.9 Å². The summed E-state index contributed by atoms with van der Waals surface area (Å²) in [6, 6.07) is 4.45. The van der Waals surface area contributed by atoms with Crippen LogP contribution in [0.25, 0.3) is 10.1 Å². The number of thiophene rings is 1. The molecule has 3 heterocycles. The molecule has 0 unspecified atom stereocenters. The molecule has 2 aromatic rings. The number of rotatable bonds is 4. The maximum absolute atomic E-state index is 13.0. The van der Waals surface area contributed by atoms with E-state index in [4.69, 9.17) is 28.6 Å². The topological polar surface area (TPSA) is 88.0 Å². The van der Waals surface area contributed by atoms with Gasteiger partial charge in [-0.15, -0.1) is 11.3 Å². The van der Waals surface area contributed by atoms with Crippen molar-refractivity contribution in [3.05, 3.63) is 38.2 Å². The zero-order valence-corrected chi connectivity index (χ0v) is 18.5. The van der Waals surface area contributed by atoms with Crippen LogP contribution in [0.3, 0.4) is 0 Å². The lowest BCUT2D eigenvalue weighted by Crippen LogP contribution is -2.53. The molecular weight excluding hydrogens is 448 g/mol. The molecule has 2 fully saturated rings. The average Bonchev–Trinajstić information content (AvgIpc) is 3.39. The fraction of sp³-hybridized carbons (Fsp3) is 0.474. The highest BCUT2D eigenvalue weighted by atomic mass is 35.5. The summed E-state index contributed by atoms with van der Waals surface area (Å²) in [4.78, 5) is 27.8. The van der Waals surface area contributed by atoms with Crippen molar-refractivity contribution in [2.24, 2.45) is 0 Å². The number of fused-ring (bicyclic) bond motifs is 1. The molecule has 0 saturated carbocycles. The fourth-order valence-corrected chi connectivity index (χ4v) is 5.46. The molecule has 30 heavy (non-hydrogen) atoms. The van der Waals surface area contributed by atoms with Gasteiger partial charge in [0.25, 0.3) is 11.6 Å². The Morgan fingerprint density at radius 1 is 1.33 bits per heavy atom. The van der Waals surface area contributed by atoms with Gasteiger partial charge in [0.05, 0.1) is 16.0 Å². The first-order valence-electron chi connectivity index (χ1n) is 9.74. The number of thiocarbonyl (C=S) groups is 1. The maximum Gasteiger partial charge on any atom is 0.270 e. The van der Waals surface area contributed by atoms with Gasteiger partial charge >= 0.3 is 0 Å². The number of hydrogen-bond acceptors (Lipinski definition) is 6. The Bertz CT molecular complexity index is 984. The first-order valence-corrected chi connectivity index (χ1v) is 11.3. The van der Waals surface area contributed by atoms with Crippen molar-refractivity contribution in [2.75, 3.05) is 39.3 Å². The number of nitrogens with zero attached hydrogens (tertiary/aromatic N) is 3. The van der Waals surface area contributed by atoms with E-state index >= 15 is 0 Å². The first kappa shape index (κ1) is 21.2. The van der Waals surface area contributed by atoms with Crippen molar-refractivity contribution in [3.8, 4) is 0 Å². The monoisotopic (exact) mass is 468 g/mol. The third kappa shape index (κ3) is 4.36. The summed E-state index contributed by atoms with van der Waals surface area (Å²) in [5.74, 6) is -0.151. The highest BCUT2D eigenvalue weighted by molar-refractivity contribution is 7.80. The number of carbonyl (C=O) groups is 1. The minimum Gasteiger partial charge on any atom is -0.376 e. The van der Waals surface area contributed by atoms with Gasteiger partial charge < -0.3 is 19.9 Å². The molecule has 11 heteroatoms. The van der Waals surface area contributed by atoms with Gasteiger partial charge in [-0.05, 0) is 31.1 Å². The number of hydrogen-bond donors (Lipinski definition) is 1. The van der Waals surface area contributed by atoms with Crippen LogP contribution < -0.4 is 5.32 Å². The molecule has 0 bridgehead atoms. The molecule has 0 radical (unpaired) electrons. The van der Waals surface area contributed by atoms with Gasteiger partial charge in [-0.1, -0.05) is 11.6 Å². The van der Waals surface area contributed by atoms with Gasteiger partial charge in [-0.25, -0.2) is 0 Å². The van der Waals surface area contributed by atoms with E-state index in [1.54, 1.807) is 11.0 Å². The van der Waals surface area contributed by atoms with E-state index in [0.717, 1.165) is 19.4 Å². The van der Waals surface area contributed by atoms with E-state index in [-0.39, 0.29) is 17.7 Å². The van der Waals surface area contributed by atoms with E-state index in [0.29, 0.717) is 57.8 Å². The second-order valence-electron chi connectivity index (χ2n) is 7.28. The van der Waals surface area contributed by atoms with Crippen molar-refractivity contribution >= 4 is 61.9 Å². The quantitative estimate of drug-likeness (QED) is 0.418. The Labute approximate surface area is 187 Å². The van der Waals surface area contributed by atoms with Crippen molar-refractivity contribution in [2.45, 2.75) is 18.9 Å². The Morgan fingerprint density at radius 3 is 2.73 bits per heavy atom. The van der Waals surface area contributed by atoms with E-state index in [2.05, 4.69) is 10.2 Å². The standard InChI is InChI=1S/C19H21ClN4O4S2/c20-16-14-4-3-12(24(26)27)10-15(14)30-17(16)18(25)22-5-7-23(8-6-22)19(29)21-11-13-2-1-9-28-13/h3-4,10,13H,1-2,5-9,11H2,(H,21,29)/t13-/m1/s1. The minimum atomic E-state index is -0.455. The lowest BCUT2D eigenvalue weighted by atomic mass is 10.2. The third-order valence-corrected chi connectivity index (χ3v) is 7.42. The van der Waals surface area contributed by atoms with Crippen LogP contribution in [0.5, 0.6) is 0 Å². The van der Waals surface area contributed by atoms with Crippen molar-refractivity contribution < 1.29 is 14.5 Å². The molecule has 1 aromatic heterocycles. The van der Waals surface area contributed by atoms with E-state index < -0.39 is 4.92 Å². The number of halogens is 1. The minimum absolute atomic E-state index is 0.0166. The summed E-state index contributed by atoms with van der Waals surface area (Å²) in [5.41, 5.74) is -0.0166. The van der Waals surface area contributed by atoms with Crippen molar-refractivity contribution in [3.63, 3.8) is 0 Å². The van der Waals surface area contributed by atoms with E-state index in [9.17, 15) is 14.9 Å². The molecular formula is C19H21ClN4O4S2. The number of amides is 1. The predicted octanol–water partition coefficient (Wildman–Crippen LogP) is 3.27. The molecule has 4 rings (SSSR count). The van der Waals surface area contributed by atoms with E-state index in [1.165, 1.54) is 23.5 Å². The van der Waals surface area contributed by atoms with E-state index in [1.807, 2.05) is 0 Å². The molecule has 1 aromatic carbocycles. The Hall–Kier alpha value is -2.01. The number of nitro benzene ring substituents is 1. The molecule has 2 aliphatic rings. The van der Waals surface area contributed by atoms with Gasteiger partial charge in [0, 0.05) is 61.5 Å². The Kier molecular flexibility index (Phi) is 6.37. The Balaban J connectivity index is 1.37. The second-order valence-corrected chi connectivity index (χ2v) is 9.10. The summed E-state index contributed by atoms with van der Waals surface area (Å²) in [5, 5.41) is 16.0. The highest BCUT2D eigenvalue weighted by Gasteiger charge is 2.27. The summed E-state index contributed by atoms with van der Waals surface area (Å²) < 4.78 is 6.24. The van der Waals surface area contributed by atoms with Gasteiger partial charge in [0.2, 0.25) is 0 Å². The zero-order chi connectivity index (χ0) is 21.3. The largest absolute Gasteiger partial charge is 0.376 e. The predicted molar refractivity (Wildman–Crippen MR) is 121 cm³/mol. The zero-order valence-electron chi connectivity index (χ0n) is 16.1. The van der Waals surface area contributed by atoms with Crippen LogP contribution in [0, 0.1) is 10.1 Å². The molecule has 2 aliphatic heterocycles. The van der Waals surface area contributed by atoms with Crippen LogP contribution in [0.4, 0.5) is 5.69 Å². The van der Waals surface area contributed by atoms with Crippen molar-refractivity contribution in [1.82, 2.24) is 15.1 Å². The van der Waals surface area contributed by atoms with Gasteiger partial charge in [0.15, 0.2) is 5.11 Å². The van der Waals surface area contributed by atoms with Crippen LogP contribution in [0.2, 0.25) is 5.02 Å².